The van der Waals surface area contributed by atoms with Crippen molar-refractivity contribution in [2.24, 2.45) is 0 Å². The van der Waals surface area contributed by atoms with E-state index in [4.69, 9.17) is 4.74 Å². The Morgan fingerprint density at radius 1 is 0.971 bits per heavy atom. The Kier molecular flexibility index (Phi) is 6.05. The van der Waals surface area contributed by atoms with E-state index in [0.717, 1.165) is 29.5 Å². The van der Waals surface area contributed by atoms with Gasteiger partial charge in [0.15, 0.2) is 6.10 Å². The molecule has 2 aliphatic rings. The number of sulfonamides is 1. The van der Waals surface area contributed by atoms with Gasteiger partial charge in [0, 0.05) is 0 Å². The van der Waals surface area contributed by atoms with Gasteiger partial charge in [0.2, 0.25) is 0 Å². The molecule has 1 aliphatic heterocycles. The average molecular weight is 491 g/mol. The van der Waals surface area contributed by atoms with Crippen molar-refractivity contribution in [3.05, 3.63) is 88.5 Å². The number of anilines is 1. The summed E-state index contributed by atoms with van der Waals surface area (Å²) in [6.45, 7) is 5.65. The fourth-order valence-corrected chi connectivity index (χ4v) is 6.29. The molecule has 6 nitrogen and oxygen atoms in total. The number of carbonyl (C=O) groups is 1. The molecule has 5 rings (SSSR count). The number of benzene rings is 3. The van der Waals surface area contributed by atoms with Gasteiger partial charge in [-0.15, -0.1) is 0 Å². The number of ether oxygens (including phenoxy) is 1. The Morgan fingerprint density at radius 3 is 2.46 bits per heavy atom. The summed E-state index contributed by atoms with van der Waals surface area (Å²) in [7, 11) is -3.89. The van der Waals surface area contributed by atoms with Crippen LogP contribution in [0.2, 0.25) is 0 Å². The van der Waals surface area contributed by atoms with Crippen LogP contribution in [-0.4, -0.2) is 27.0 Å². The lowest BCUT2D eigenvalue weighted by molar-refractivity contribution is -0.128. The summed E-state index contributed by atoms with van der Waals surface area (Å²) in [5, 5.41) is 3.04. The van der Waals surface area contributed by atoms with Crippen LogP contribution in [0.3, 0.4) is 0 Å². The molecule has 7 heteroatoms. The van der Waals surface area contributed by atoms with Gasteiger partial charge in [-0.05, 0) is 86.6 Å². The van der Waals surface area contributed by atoms with Crippen molar-refractivity contribution < 1.29 is 17.9 Å². The summed E-state index contributed by atoms with van der Waals surface area (Å²) >= 11 is 0. The predicted molar refractivity (Wildman–Crippen MR) is 136 cm³/mol. The SMILES string of the molecule is Cc1ccc(S(=O)(=O)N2CC(C(=O)NC(C)c3ccc4c(c3)CCC4)Oc3cc(C)ccc32)cc1. The second-order valence-electron chi connectivity index (χ2n) is 9.54. The quantitative estimate of drug-likeness (QED) is 0.566. The minimum Gasteiger partial charge on any atom is -0.476 e. The summed E-state index contributed by atoms with van der Waals surface area (Å²) in [4.78, 5) is 13.5. The minimum atomic E-state index is -3.89. The normalized spacial score (nSPS) is 17.8. The molecule has 2 unspecified atom stereocenters. The van der Waals surface area contributed by atoms with E-state index >= 15 is 0 Å². The molecular weight excluding hydrogens is 460 g/mol. The Morgan fingerprint density at radius 2 is 1.69 bits per heavy atom. The van der Waals surface area contributed by atoms with Gasteiger partial charge in [0.25, 0.3) is 15.9 Å². The topological polar surface area (TPSA) is 75.7 Å². The van der Waals surface area contributed by atoms with Crippen molar-refractivity contribution in [3.8, 4) is 5.75 Å². The maximum Gasteiger partial charge on any atom is 0.264 e. The highest BCUT2D eigenvalue weighted by Crippen LogP contribution is 2.38. The van der Waals surface area contributed by atoms with Crippen molar-refractivity contribution in [3.63, 3.8) is 0 Å². The number of rotatable bonds is 5. The first-order valence-corrected chi connectivity index (χ1v) is 13.5. The number of fused-ring (bicyclic) bond motifs is 2. The summed E-state index contributed by atoms with van der Waals surface area (Å²) in [5.74, 6) is 0.0477. The van der Waals surface area contributed by atoms with E-state index in [1.807, 2.05) is 26.8 Å². The largest absolute Gasteiger partial charge is 0.476 e. The number of hydrogen-bond donors (Lipinski definition) is 1. The summed E-state index contributed by atoms with van der Waals surface area (Å²) < 4.78 is 34.5. The van der Waals surface area contributed by atoms with Crippen LogP contribution >= 0.6 is 0 Å². The third kappa shape index (κ3) is 4.52. The number of amides is 1. The Bertz CT molecular complexity index is 1380. The molecule has 1 aliphatic carbocycles. The molecule has 3 aromatic carbocycles. The molecular formula is C28H30N2O4S. The zero-order chi connectivity index (χ0) is 24.7. The predicted octanol–water partition coefficient (Wildman–Crippen LogP) is 4.63. The van der Waals surface area contributed by atoms with Crippen molar-refractivity contribution in [2.45, 2.75) is 57.1 Å². The molecule has 0 radical (unpaired) electrons. The smallest absolute Gasteiger partial charge is 0.264 e. The fraction of sp³-hybridized carbons (Fsp3) is 0.321. The van der Waals surface area contributed by atoms with Crippen molar-refractivity contribution in [1.82, 2.24) is 5.32 Å². The van der Waals surface area contributed by atoms with E-state index < -0.39 is 16.1 Å². The van der Waals surface area contributed by atoms with E-state index in [1.54, 1.807) is 36.4 Å². The maximum atomic E-state index is 13.6. The molecule has 1 amide bonds. The summed E-state index contributed by atoms with van der Waals surface area (Å²) in [6.07, 6.45) is 2.37. The molecule has 35 heavy (non-hydrogen) atoms. The monoisotopic (exact) mass is 490 g/mol. The van der Waals surface area contributed by atoms with Crippen molar-refractivity contribution in [2.75, 3.05) is 10.8 Å². The highest BCUT2D eigenvalue weighted by molar-refractivity contribution is 7.92. The van der Waals surface area contributed by atoms with E-state index in [-0.39, 0.29) is 23.4 Å². The zero-order valence-electron chi connectivity index (χ0n) is 20.2. The van der Waals surface area contributed by atoms with Gasteiger partial charge < -0.3 is 10.1 Å². The highest BCUT2D eigenvalue weighted by Gasteiger charge is 2.38. The highest BCUT2D eigenvalue weighted by atomic mass is 32.2. The Hall–Kier alpha value is -3.32. The molecule has 182 valence electrons. The molecule has 1 N–H and O–H groups in total. The number of hydrogen-bond acceptors (Lipinski definition) is 4. The lowest BCUT2D eigenvalue weighted by atomic mass is 10.0. The zero-order valence-corrected chi connectivity index (χ0v) is 21.1. The van der Waals surface area contributed by atoms with Crippen LogP contribution in [0.4, 0.5) is 5.69 Å². The molecule has 0 saturated heterocycles. The second-order valence-corrected chi connectivity index (χ2v) is 11.4. The van der Waals surface area contributed by atoms with Gasteiger partial charge in [0.05, 0.1) is 23.2 Å². The van der Waals surface area contributed by atoms with Crippen LogP contribution in [0.15, 0.2) is 65.6 Å². The lowest BCUT2D eigenvalue weighted by Crippen LogP contribution is -2.51. The lowest BCUT2D eigenvalue weighted by Gasteiger charge is -2.35. The first kappa shape index (κ1) is 23.4. The average Bonchev–Trinajstić information content (AvgIpc) is 3.31. The molecule has 0 aromatic heterocycles. The van der Waals surface area contributed by atoms with Crippen LogP contribution in [0, 0.1) is 13.8 Å². The Balaban J connectivity index is 1.42. The van der Waals surface area contributed by atoms with Gasteiger partial charge in [-0.1, -0.05) is 42.0 Å². The van der Waals surface area contributed by atoms with Crippen LogP contribution in [0.1, 0.15) is 47.2 Å². The third-order valence-electron chi connectivity index (χ3n) is 6.87. The Labute approximate surface area is 207 Å². The second kappa shape index (κ2) is 9.04. The number of nitrogens with zero attached hydrogens (tertiary/aromatic N) is 1. The van der Waals surface area contributed by atoms with Crippen molar-refractivity contribution in [1.29, 1.82) is 0 Å². The number of nitrogens with one attached hydrogen (secondary N) is 1. The van der Waals surface area contributed by atoms with Gasteiger partial charge in [-0.25, -0.2) is 8.42 Å². The van der Waals surface area contributed by atoms with Gasteiger partial charge in [-0.3, -0.25) is 9.10 Å². The number of carbonyl (C=O) groups excluding carboxylic acids is 1. The first-order chi connectivity index (χ1) is 16.7. The minimum absolute atomic E-state index is 0.102. The van der Waals surface area contributed by atoms with Crippen LogP contribution in [-0.2, 0) is 27.7 Å². The molecule has 1 heterocycles. The maximum absolute atomic E-state index is 13.6. The van der Waals surface area contributed by atoms with Crippen LogP contribution in [0.5, 0.6) is 5.75 Å². The van der Waals surface area contributed by atoms with E-state index in [9.17, 15) is 13.2 Å². The van der Waals surface area contributed by atoms with E-state index in [2.05, 4.69) is 23.5 Å². The summed E-state index contributed by atoms with van der Waals surface area (Å²) in [6, 6.07) is 18.2. The van der Waals surface area contributed by atoms with E-state index in [1.165, 1.54) is 21.9 Å². The van der Waals surface area contributed by atoms with Gasteiger partial charge in [0.1, 0.15) is 5.75 Å². The van der Waals surface area contributed by atoms with E-state index in [0.29, 0.717) is 11.4 Å². The third-order valence-corrected chi connectivity index (χ3v) is 8.66. The van der Waals surface area contributed by atoms with Crippen LogP contribution in [0.25, 0.3) is 0 Å². The van der Waals surface area contributed by atoms with Gasteiger partial charge in [-0.2, -0.15) is 0 Å². The standard InChI is InChI=1S/C28H30N2O4S/c1-18-7-12-24(13-8-18)35(32,33)30-17-27(34-26-15-19(2)9-14-25(26)30)28(31)29-20(3)22-11-10-21-5-4-6-23(21)16-22/h7-16,20,27H,4-6,17H2,1-3H3,(H,29,31). The van der Waals surface area contributed by atoms with Gasteiger partial charge >= 0.3 is 0 Å². The van der Waals surface area contributed by atoms with Crippen LogP contribution < -0.4 is 14.4 Å². The van der Waals surface area contributed by atoms with Crippen molar-refractivity contribution >= 4 is 21.6 Å². The molecule has 0 bridgehead atoms. The molecule has 2 atom stereocenters. The molecule has 0 saturated carbocycles. The fourth-order valence-electron chi connectivity index (χ4n) is 4.81. The summed E-state index contributed by atoms with van der Waals surface area (Å²) in [5.41, 5.74) is 6.09. The molecule has 0 fully saturated rings. The molecule has 3 aromatic rings. The number of aryl methyl sites for hydroxylation is 4. The molecule has 0 spiro atoms. The first-order valence-electron chi connectivity index (χ1n) is 12.0.